The van der Waals surface area contributed by atoms with Gasteiger partial charge in [-0.15, -0.1) is 0 Å². The van der Waals surface area contributed by atoms with Gasteiger partial charge in [0.05, 0.1) is 6.10 Å². The number of hydrogen-bond acceptors (Lipinski definition) is 8. The third-order valence-electron chi connectivity index (χ3n) is 6.40. The molecule has 1 rings (SSSR count). The summed E-state index contributed by atoms with van der Waals surface area (Å²) in [4.78, 5) is 24.4. The molecule has 0 aromatic heterocycles. The van der Waals surface area contributed by atoms with Crippen LogP contribution in [-0.2, 0) is 33.2 Å². The van der Waals surface area contributed by atoms with Gasteiger partial charge in [0.1, 0.15) is 31.9 Å². The minimum Gasteiger partial charge on any atom is -0.458 e. The first kappa shape index (κ1) is 37.8. The van der Waals surface area contributed by atoms with Crippen LogP contribution < -0.4 is 5.73 Å². The van der Waals surface area contributed by atoms with E-state index in [1.807, 2.05) is 54.4 Å². The van der Waals surface area contributed by atoms with Crippen molar-refractivity contribution in [2.75, 3.05) is 27.8 Å². The van der Waals surface area contributed by atoms with Crippen LogP contribution in [0.5, 0.6) is 0 Å². The van der Waals surface area contributed by atoms with Gasteiger partial charge in [0.15, 0.2) is 0 Å². The number of primary amides is 1. The lowest BCUT2D eigenvalue weighted by Gasteiger charge is -2.24. The SMILES string of the molecule is COCO[C@@H]1/C=C/[C@H](OCOC)[C@@H](OC(N)=O)CC/C=C/C=C(\C)C[C@H]([C@H](C)/C=C(C)/C=C/I)OC(=O)/C=C/CCC1. The van der Waals surface area contributed by atoms with E-state index in [0.717, 1.165) is 17.6 Å². The highest BCUT2D eigenvalue weighted by Crippen LogP contribution is 2.21. The molecular formula is C32H48INO8. The number of allylic oxidation sites excluding steroid dienone is 6. The van der Waals surface area contributed by atoms with Crippen LogP contribution in [0, 0.1) is 5.92 Å². The molecule has 0 aromatic rings. The molecule has 0 saturated carbocycles. The summed E-state index contributed by atoms with van der Waals surface area (Å²) in [6.45, 7) is 6.23. The first-order chi connectivity index (χ1) is 20.2. The van der Waals surface area contributed by atoms with Gasteiger partial charge in [-0.2, -0.15) is 0 Å². The van der Waals surface area contributed by atoms with Crippen LogP contribution in [0.3, 0.4) is 0 Å². The Bertz CT molecular complexity index is 972. The number of rotatable bonds is 10. The Morgan fingerprint density at radius 2 is 1.88 bits per heavy atom. The van der Waals surface area contributed by atoms with E-state index in [9.17, 15) is 9.59 Å². The van der Waals surface area contributed by atoms with E-state index in [1.54, 1.807) is 13.2 Å². The summed E-state index contributed by atoms with van der Waals surface area (Å²) in [5.41, 5.74) is 7.57. The van der Waals surface area contributed by atoms with E-state index in [0.29, 0.717) is 32.1 Å². The number of cyclic esters (lactones) is 1. The summed E-state index contributed by atoms with van der Waals surface area (Å²) in [6.07, 6.45) is 18.1. The van der Waals surface area contributed by atoms with Gasteiger partial charge < -0.3 is 34.2 Å². The lowest BCUT2D eigenvalue weighted by atomic mass is 9.95. The number of esters is 1. The summed E-state index contributed by atoms with van der Waals surface area (Å²) >= 11 is 2.19. The molecule has 236 valence electrons. The van der Waals surface area contributed by atoms with E-state index in [1.165, 1.54) is 13.2 Å². The van der Waals surface area contributed by atoms with E-state index in [4.69, 9.17) is 34.2 Å². The summed E-state index contributed by atoms with van der Waals surface area (Å²) in [5, 5.41) is 0. The summed E-state index contributed by atoms with van der Waals surface area (Å²) in [6, 6.07) is 0. The van der Waals surface area contributed by atoms with Gasteiger partial charge >= 0.3 is 12.1 Å². The van der Waals surface area contributed by atoms with Crippen molar-refractivity contribution in [3.63, 3.8) is 0 Å². The first-order valence-electron chi connectivity index (χ1n) is 14.2. The van der Waals surface area contributed by atoms with Gasteiger partial charge in [-0.25, -0.2) is 9.59 Å². The third kappa shape index (κ3) is 17.6. The maximum Gasteiger partial charge on any atom is 0.404 e. The van der Waals surface area contributed by atoms with Crippen LogP contribution in [0.1, 0.15) is 59.3 Å². The third-order valence-corrected chi connectivity index (χ3v) is 6.76. The predicted octanol–water partition coefficient (Wildman–Crippen LogP) is 6.84. The average Bonchev–Trinajstić information content (AvgIpc) is 2.93. The maximum absolute atomic E-state index is 12.7. The molecule has 0 bridgehead atoms. The summed E-state index contributed by atoms with van der Waals surface area (Å²) in [5.74, 6) is -0.341. The molecule has 0 spiro atoms. The van der Waals surface area contributed by atoms with E-state index < -0.39 is 18.3 Å². The Morgan fingerprint density at radius 1 is 1.14 bits per heavy atom. The second kappa shape index (κ2) is 23.2. The minimum atomic E-state index is -0.875. The lowest BCUT2D eigenvalue weighted by molar-refractivity contribution is -0.144. The van der Waals surface area contributed by atoms with Crippen molar-refractivity contribution in [1.29, 1.82) is 0 Å². The van der Waals surface area contributed by atoms with Crippen molar-refractivity contribution in [2.24, 2.45) is 11.7 Å². The number of hydrogen-bond donors (Lipinski definition) is 1. The maximum atomic E-state index is 12.7. The van der Waals surface area contributed by atoms with Gasteiger partial charge in [-0.1, -0.05) is 89.3 Å². The molecule has 0 unspecified atom stereocenters. The van der Waals surface area contributed by atoms with Crippen molar-refractivity contribution in [2.45, 2.75) is 83.7 Å². The molecule has 10 heteroatoms. The first-order valence-corrected chi connectivity index (χ1v) is 15.4. The lowest BCUT2D eigenvalue weighted by Crippen LogP contribution is -2.35. The highest BCUT2D eigenvalue weighted by molar-refractivity contribution is 14.1. The monoisotopic (exact) mass is 701 g/mol. The fraction of sp³-hybridized carbons (Fsp3) is 0.562. The highest BCUT2D eigenvalue weighted by atomic mass is 127. The zero-order chi connectivity index (χ0) is 31.2. The molecule has 0 fully saturated rings. The molecule has 0 aromatic carbocycles. The largest absolute Gasteiger partial charge is 0.458 e. The van der Waals surface area contributed by atoms with Crippen LogP contribution in [0.2, 0.25) is 0 Å². The molecule has 0 aliphatic carbocycles. The number of ether oxygens (including phenoxy) is 6. The molecular weight excluding hydrogens is 653 g/mol. The van der Waals surface area contributed by atoms with Crippen LogP contribution in [0.4, 0.5) is 4.79 Å². The van der Waals surface area contributed by atoms with Crippen LogP contribution in [0.25, 0.3) is 0 Å². The zero-order valence-corrected chi connectivity index (χ0v) is 27.7. The fourth-order valence-corrected chi connectivity index (χ4v) is 4.86. The van der Waals surface area contributed by atoms with Crippen LogP contribution in [0.15, 0.2) is 69.9 Å². The fourth-order valence-electron chi connectivity index (χ4n) is 4.29. The number of amides is 1. The molecule has 0 saturated heterocycles. The van der Waals surface area contributed by atoms with Gasteiger partial charge in [-0.05, 0) is 50.0 Å². The molecule has 1 aliphatic heterocycles. The van der Waals surface area contributed by atoms with E-state index >= 15 is 0 Å². The Morgan fingerprint density at radius 3 is 2.57 bits per heavy atom. The number of methoxy groups -OCH3 is 2. The summed E-state index contributed by atoms with van der Waals surface area (Å²) < 4.78 is 35.2. The van der Waals surface area contributed by atoms with Gasteiger partial charge in [0, 0.05) is 32.6 Å². The number of halogens is 1. The Labute approximate surface area is 265 Å². The van der Waals surface area contributed by atoms with Gasteiger partial charge in [0.2, 0.25) is 0 Å². The molecule has 9 nitrogen and oxygen atoms in total. The predicted molar refractivity (Wildman–Crippen MR) is 173 cm³/mol. The zero-order valence-electron chi connectivity index (χ0n) is 25.5. The summed E-state index contributed by atoms with van der Waals surface area (Å²) in [7, 11) is 3.08. The van der Waals surface area contributed by atoms with Gasteiger partial charge in [-0.3, -0.25) is 0 Å². The quantitative estimate of drug-likeness (QED) is 0.0866. The van der Waals surface area contributed by atoms with Crippen molar-refractivity contribution < 1.29 is 38.0 Å². The van der Waals surface area contributed by atoms with Gasteiger partial charge in [0.25, 0.3) is 0 Å². The normalized spacial score (nSPS) is 28.2. The second-order valence-corrected chi connectivity index (χ2v) is 10.8. The molecule has 5 atom stereocenters. The van der Waals surface area contributed by atoms with Crippen molar-refractivity contribution in [1.82, 2.24) is 0 Å². The van der Waals surface area contributed by atoms with Crippen molar-refractivity contribution in [3.8, 4) is 0 Å². The molecule has 1 amide bonds. The molecule has 0 radical (unpaired) electrons. The van der Waals surface area contributed by atoms with Crippen molar-refractivity contribution in [3.05, 3.63) is 69.9 Å². The molecule has 1 aliphatic rings. The highest BCUT2D eigenvalue weighted by Gasteiger charge is 2.24. The smallest absolute Gasteiger partial charge is 0.404 e. The Balaban J connectivity index is 3.28. The number of carbonyl (C=O) groups is 2. The average molecular weight is 702 g/mol. The Hall–Kier alpha value is -2.25. The number of nitrogens with two attached hydrogens (primary N) is 1. The number of carbonyl (C=O) groups excluding carboxylic acids is 2. The van der Waals surface area contributed by atoms with E-state index in [-0.39, 0.29) is 37.7 Å². The molecule has 1 heterocycles. The molecule has 2 N–H and O–H groups in total. The van der Waals surface area contributed by atoms with Crippen LogP contribution >= 0.6 is 22.6 Å². The second-order valence-electron chi connectivity index (χ2n) is 10.1. The minimum absolute atomic E-state index is 0.0125. The van der Waals surface area contributed by atoms with Crippen LogP contribution in [-0.4, -0.2) is 64.3 Å². The Kier molecular flexibility index (Phi) is 20.9. The van der Waals surface area contributed by atoms with E-state index in [2.05, 4.69) is 35.6 Å². The standard InChI is InChI=1S/C32H48INO8/c1-24-12-8-6-10-14-29(42-32(34)36)28(40-23-38-5)17-16-27(39-22-37-4)13-9-7-11-15-31(35)41-30(21-24)26(3)20-25(2)18-19-33/h6,8,11-12,15-20,26-30H,7,9-10,13-14,21-23H2,1-5H3,(H2,34,36)/b8-6+,15-11+,17-16+,19-18+,24-12+,25-20+/t26-,27+,28+,29+,30-/m1/s1. The molecule has 42 heavy (non-hydrogen) atoms. The topological polar surface area (TPSA) is 116 Å². The van der Waals surface area contributed by atoms with Crippen molar-refractivity contribution >= 4 is 34.7 Å².